The van der Waals surface area contributed by atoms with Crippen LogP contribution in [0.4, 0.5) is 0 Å². The quantitative estimate of drug-likeness (QED) is 0.0375. The molecule has 6 heterocycles. The van der Waals surface area contributed by atoms with Gasteiger partial charge >= 0.3 is 97.6 Å². The molecule has 692 valence electrons. The number of imidazole rings is 4. The Morgan fingerprint density at radius 1 is 0.254 bits per heavy atom. The van der Waals surface area contributed by atoms with Crippen LogP contribution in [-0.4, -0.2) is 120 Å². The summed E-state index contributed by atoms with van der Waals surface area (Å²) in [4.78, 5) is 158. The number of carbonyl (C=O) groups excluding carboxylic acids is 7. The molecule has 0 aliphatic heterocycles. The molecule has 0 spiro atoms. The number of hydrogen-bond donors (Lipinski definition) is 0. The monoisotopic (exact) mass is 2110 g/mol. The van der Waals surface area contributed by atoms with E-state index in [1.54, 1.807) is 121 Å². The second-order valence-corrected chi connectivity index (χ2v) is 25.2. The number of ether oxygens (including phenoxy) is 4. The third kappa shape index (κ3) is 37.7. The molecule has 45 nitrogen and oxygen atoms in total. The molecule has 0 aliphatic rings. The first-order valence-corrected chi connectivity index (χ1v) is 37.0. The van der Waals surface area contributed by atoms with Gasteiger partial charge in [-0.2, -0.15) is 0 Å². The van der Waals surface area contributed by atoms with Gasteiger partial charge in [-0.05, 0) is 191 Å². The zero-order valence-corrected chi connectivity index (χ0v) is 73.1. The number of rotatable bonds is 16. The Kier molecular flexibility index (Phi) is 48.0. The van der Waals surface area contributed by atoms with Gasteiger partial charge in [-0.3, -0.25) is 0 Å². The van der Waals surface area contributed by atoms with Crippen molar-refractivity contribution < 1.29 is 157 Å². The minimum atomic E-state index is -1.75. The largest absolute Gasteiger partial charge is 3.00 e. The van der Waals surface area contributed by atoms with Gasteiger partial charge in [0.25, 0.3) is 0 Å². The Bertz CT molecular complexity index is 5370. The molecule has 0 radical (unpaired) electrons. The van der Waals surface area contributed by atoms with Crippen LogP contribution in [0, 0.1) is 166 Å². The normalized spacial score (nSPS) is 9.62. The van der Waals surface area contributed by atoms with Gasteiger partial charge in [-0.25, -0.2) is 49.1 Å². The minimum absolute atomic E-state index is 0. The predicted molar refractivity (Wildman–Crippen MR) is 463 cm³/mol. The molecule has 0 atom stereocenters. The van der Waals surface area contributed by atoms with Gasteiger partial charge in [0, 0.05) is 50.4 Å². The van der Waals surface area contributed by atoms with Crippen LogP contribution in [0.15, 0.2) is 231 Å². The van der Waals surface area contributed by atoms with Crippen molar-refractivity contribution in [1.82, 2.24) is 48.2 Å². The fourth-order valence-electron chi connectivity index (χ4n) is 11.1. The zero-order valence-electron chi connectivity index (χ0n) is 69.8. The van der Waals surface area contributed by atoms with Crippen LogP contribution in [0.1, 0.15) is 111 Å². The molecular weight excluding hydrogens is 2030 g/mol. The summed E-state index contributed by atoms with van der Waals surface area (Å²) in [5, 5.41) is 88.5. The molecule has 0 N–H and O–H groups in total. The van der Waals surface area contributed by atoms with E-state index in [1.165, 1.54) is 41.5 Å². The van der Waals surface area contributed by atoms with Gasteiger partial charge < -0.3 is 144 Å². The Balaban J connectivity index is 0.000000634. The predicted octanol–water partition coefficient (Wildman–Crippen LogP) is 15.5. The van der Waals surface area contributed by atoms with Crippen LogP contribution in [0.3, 0.4) is 0 Å². The fourth-order valence-corrected chi connectivity index (χ4v) is 11.1. The van der Waals surface area contributed by atoms with Crippen LogP contribution in [0.25, 0.3) is 90.2 Å². The number of carbonyl (C=O) groups is 7. The standard InChI is InChI=1S/2C37H29N5O4.3C3H6O.2Lu.6NO3/c2*1-3-41-32-22-26(45-36(43)24-12-7-5-8-13-24)18-20-28(32)39-34(41)30-16-11-17-31(38-30)35-40-29-21-19-27(23-33(29)42(35)4-2)46-37(44)25-14-9-6-10-15-25;3*1-3(2)4;;;6*2-1(3)4/h2*5-23H,3-4H2,1-2H3;3*1-2H3;;;;;;;;/q;;;;;2*+3;6*-1. The topological polar surface area (TPSA) is 651 Å². The summed E-state index contributed by atoms with van der Waals surface area (Å²) < 4.78 is 30.9. The minimum Gasteiger partial charge on any atom is -0.423 e. The molecule has 0 aliphatic carbocycles. The molecule has 14 aromatic rings. The van der Waals surface area contributed by atoms with Crippen molar-refractivity contribution in [3.63, 3.8) is 0 Å². The maximum atomic E-state index is 12.7. The molecule has 0 saturated carbocycles. The van der Waals surface area contributed by atoms with E-state index in [0.29, 0.717) is 118 Å². The number of benzene rings is 8. The number of aromatic nitrogens is 10. The second-order valence-electron chi connectivity index (χ2n) is 25.2. The van der Waals surface area contributed by atoms with Gasteiger partial charge in [0.15, 0.2) is 23.3 Å². The summed E-state index contributed by atoms with van der Waals surface area (Å²) in [6, 6.07) is 68.9. The summed E-state index contributed by atoms with van der Waals surface area (Å²) in [5.41, 5.74) is 11.1. The number of aryl methyl sites for hydroxylation is 4. The third-order valence-electron chi connectivity index (χ3n) is 15.4. The molecule has 0 fully saturated rings. The van der Waals surface area contributed by atoms with Crippen LogP contribution in [-0.2, 0) is 40.6 Å². The number of pyridine rings is 2. The first-order valence-electron chi connectivity index (χ1n) is 37.0. The van der Waals surface area contributed by atoms with Gasteiger partial charge in [0.2, 0.25) is 0 Å². The van der Waals surface area contributed by atoms with Crippen LogP contribution >= 0.6 is 0 Å². The maximum absolute atomic E-state index is 12.7. The Morgan fingerprint density at radius 2 is 0.408 bits per heavy atom. The first-order chi connectivity index (χ1) is 60.6. The van der Waals surface area contributed by atoms with Crippen LogP contribution in [0.5, 0.6) is 23.0 Å². The second kappa shape index (κ2) is 56.5. The molecule has 130 heavy (non-hydrogen) atoms. The summed E-state index contributed by atoms with van der Waals surface area (Å²) in [6.07, 6.45) is 0. The maximum Gasteiger partial charge on any atom is 3.00 e. The third-order valence-corrected chi connectivity index (χ3v) is 15.4. The fraction of sp³-hybridized carbons (Fsp3) is 0.169. The van der Waals surface area contributed by atoms with Gasteiger partial charge in [0.1, 0.15) is 63.1 Å². The van der Waals surface area contributed by atoms with E-state index < -0.39 is 54.4 Å². The van der Waals surface area contributed by atoms with Crippen LogP contribution < -0.4 is 18.9 Å². The summed E-state index contributed by atoms with van der Waals surface area (Å²) in [5.74, 6) is 3.36. The van der Waals surface area contributed by atoms with E-state index in [2.05, 4.69) is 18.3 Å². The van der Waals surface area contributed by atoms with Crippen molar-refractivity contribution in [2.45, 2.75) is 95.4 Å². The number of nitrogens with zero attached hydrogens (tertiary/aromatic N) is 16. The summed E-state index contributed by atoms with van der Waals surface area (Å²) in [7, 11) is 0. The summed E-state index contributed by atoms with van der Waals surface area (Å²) in [6.45, 7) is 19.8. The zero-order chi connectivity index (χ0) is 95.4. The SMILES string of the molecule is CC(C)=O.CC(C)=O.CC(C)=O.CCn1c(-c2cccc(-c3nc4ccc(OC(=O)c5ccccc5)cc4n3CC)n2)nc2ccc(OC(=O)c3ccccc3)cc21.CCn1c(-c2cccc(-c3nc4ccc(OC(=O)c5ccccc5)cc4n3CC)n2)nc2ccc(OC(=O)c3ccccc3)cc21.O=[N+]([O-])[O-].O=[N+]([O-])[O-].O=[N+]([O-])[O-].O=[N+]([O-])[O-].O=[N+]([O-])[O-].O=[N+]([O-])[O-].[Lu+3].[Lu+3]. The molecule has 0 amide bonds. The Hall–Kier alpha value is -15.5. The van der Waals surface area contributed by atoms with Crippen molar-refractivity contribution >= 4 is 85.4 Å². The van der Waals surface area contributed by atoms with E-state index in [1.807, 2.05) is 137 Å². The van der Waals surface area contributed by atoms with Crippen molar-refractivity contribution in [2.24, 2.45) is 0 Å². The Labute approximate surface area is 793 Å². The summed E-state index contributed by atoms with van der Waals surface area (Å²) >= 11 is 0. The smallest absolute Gasteiger partial charge is 0.423 e. The number of hydrogen-bond acceptors (Lipinski definition) is 35. The molecule has 6 aromatic heterocycles. The van der Waals surface area contributed by atoms with Crippen molar-refractivity contribution in [1.29, 1.82) is 0 Å². The van der Waals surface area contributed by atoms with Gasteiger partial charge in [-0.15, -0.1) is 0 Å². The molecule has 0 bridgehead atoms. The molecule has 0 unspecified atom stereocenters. The van der Waals surface area contributed by atoms with Gasteiger partial charge in [0.05, 0.1) is 96.9 Å². The number of ketones is 3. The van der Waals surface area contributed by atoms with E-state index in [0.717, 1.165) is 44.1 Å². The molecular formula is C83H76Lu2N16O29. The number of esters is 4. The van der Waals surface area contributed by atoms with Crippen molar-refractivity contribution in [2.75, 3.05) is 0 Å². The average Bonchev–Trinajstić information content (AvgIpc) is 1.62. The van der Waals surface area contributed by atoms with Crippen molar-refractivity contribution in [3.8, 4) is 69.1 Å². The molecule has 14 rings (SSSR count). The average molecular weight is 2110 g/mol. The molecule has 0 saturated heterocycles. The van der Waals surface area contributed by atoms with Crippen molar-refractivity contribution in [3.05, 3.63) is 345 Å². The Morgan fingerprint density at radius 3 is 0.554 bits per heavy atom. The first kappa shape index (κ1) is 111. The van der Waals surface area contributed by atoms with Gasteiger partial charge in [-0.1, -0.05) is 84.9 Å². The van der Waals surface area contributed by atoms with E-state index in [4.69, 9.17) is 141 Å². The number of Topliss-reactive ketones (excluding diaryl/α,β-unsaturated/α-hetero) is 3. The molecule has 8 aromatic carbocycles. The van der Waals surface area contributed by atoms with Crippen LogP contribution in [0.2, 0.25) is 0 Å². The van der Waals surface area contributed by atoms with E-state index in [9.17, 15) is 33.6 Å². The van der Waals surface area contributed by atoms with E-state index >= 15 is 0 Å². The number of fused-ring (bicyclic) bond motifs is 4. The van der Waals surface area contributed by atoms with E-state index in [-0.39, 0.29) is 91.1 Å². The molecule has 47 heteroatoms.